The Kier molecular flexibility index (Phi) is 6.93. The fourth-order valence-electron chi connectivity index (χ4n) is 4.83. The minimum atomic E-state index is -0.184. The van der Waals surface area contributed by atoms with Crippen LogP contribution in [-0.4, -0.2) is 34.8 Å². The van der Waals surface area contributed by atoms with Crippen molar-refractivity contribution in [1.29, 1.82) is 0 Å². The maximum atomic E-state index is 13.3. The number of amides is 2. The fraction of sp³-hybridized carbons (Fsp3) is 0.407. The van der Waals surface area contributed by atoms with Gasteiger partial charge in [-0.3, -0.25) is 9.59 Å². The van der Waals surface area contributed by atoms with Crippen LogP contribution in [0.3, 0.4) is 0 Å². The van der Waals surface area contributed by atoms with Gasteiger partial charge in [0, 0.05) is 47.2 Å². The highest BCUT2D eigenvalue weighted by Gasteiger charge is 2.39. The molecule has 4 rings (SSSR count). The third-order valence-corrected chi connectivity index (χ3v) is 6.46. The van der Waals surface area contributed by atoms with Gasteiger partial charge in [0.15, 0.2) is 0 Å². The summed E-state index contributed by atoms with van der Waals surface area (Å²) in [5, 5.41) is 4.15. The SMILES string of the molecule is CCCCCCCNC(=O)CCN1C(=O)c2ccccc2[C@@H]1c1c(C)[nH]c2ccccc12. The molecule has 168 valence electrons. The average molecular weight is 432 g/mol. The predicted octanol–water partition coefficient (Wildman–Crippen LogP) is 5.50. The van der Waals surface area contributed by atoms with Crippen molar-refractivity contribution in [3.8, 4) is 0 Å². The van der Waals surface area contributed by atoms with Gasteiger partial charge >= 0.3 is 0 Å². The first-order valence-electron chi connectivity index (χ1n) is 11.9. The number of para-hydroxylation sites is 1. The van der Waals surface area contributed by atoms with E-state index in [0.29, 0.717) is 19.5 Å². The Labute approximate surface area is 190 Å². The summed E-state index contributed by atoms with van der Waals surface area (Å²) in [5.41, 5.74) is 5.00. The number of unbranched alkanes of at least 4 members (excludes halogenated alkanes) is 4. The van der Waals surface area contributed by atoms with Crippen molar-refractivity contribution < 1.29 is 9.59 Å². The van der Waals surface area contributed by atoms with E-state index < -0.39 is 0 Å². The van der Waals surface area contributed by atoms with Crippen LogP contribution in [0.5, 0.6) is 0 Å². The van der Waals surface area contributed by atoms with Crippen molar-refractivity contribution in [1.82, 2.24) is 15.2 Å². The molecule has 0 unspecified atom stereocenters. The van der Waals surface area contributed by atoms with Crippen molar-refractivity contribution in [2.45, 2.75) is 58.4 Å². The Balaban J connectivity index is 1.50. The summed E-state index contributed by atoms with van der Waals surface area (Å²) >= 11 is 0. The van der Waals surface area contributed by atoms with Crippen molar-refractivity contribution in [3.05, 3.63) is 70.9 Å². The zero-order valence-corrected chi connectivity index (χ0v) is 19.1. The molecule has 0 fully saturated rings. The molecular formula is C27H33N3O2. The minimum Gasteiger partial charge on any atom is -0.358 e. The van der Waals surface area contributed by atoms with Crippen molar-refractivity contribution in [2.24, 2.45) is 0 Å². The molecule has 0 saturated carbocycles. The molecule has 32 heavy (non-hydrogen) atoms. The van der Waals surface area contributed by atoms with Gasteiger partial charge in [0.1, 0.15) is 0 Å². The van der Waals surface area contributed by atoms with E-state index in [2.05, 4.69) is 36.3 Å². The van der Waals surface area contributed by atoms with Gasteiger partial charge < -0.3 is 15.2 Å². The van der Waals surface area contributed by atoms with Crippen LogP contribution in [-0.2, 0) is 4.79 Å². The number of carbonyl (C=O) groups is 2. The quantitative estimate of drug-likeness (QED) is 0.416. The molecule has 5 heteroatoms. The van der Waals surface area contributed by atoms with Gasteiger partial charge in [-0.25, -0.2) is 0 Å². The number of aryl methyl sites for hydroxylation is 1. The van der Waals surface area contributed by atoms with Gasteiger partial charge in [0.05, 0.1) is 6.04 Å². The standard InChI is InChI=1S/C27H33N3O2/c1-3-4-5-6-11-17-28-24(31)16-18-30-26(20-12-7-8-13-21(20)27(30)32)25-19(2)29-23-15-10-9-14-22(23)25/h7-10,12-15,26,29H,3-6,11,16-18H2,1-2H3,(H,28,31)/t26-/m1/s1. The molecule has 0 spiro atoms. The van der Waals surface area contributed by atoms with Gasteiger partial charge in [0.2, 0.25) is 5.91 Å². The summed E-state index contributed by atoms with van der Waals surface area (Å²) in [4.78, 5) is 31.1. The summed E-state index contributed by atoms with van der Waals surface area (Å²) in [6, 6.07) is 15.8. The number of benzene rings is 2. The van der Waals surface area contributed by atoms with E-state index in [-0.39, 0.29) is 17.9 Å². The second-order valence-electron chi connectivity index (χ2n) is 8.71. The number of rotatable bonds is 10. The molecule has 0 aliphatic carbocycles. The smallest absolute Gasteiger partial charge is 0.255 e. The third-order valence-electron chi connectivity index (χ3n) is 6.46. The first-order valence-corrected chi connectivity index (χ1v) is 11.9. The molecule has 1 aromatic heterocycles. The molecule has 2 heterocycles. The predicted molar refractivity (Wildman–Crippen MR) is 129 cm³/mol. The Morgan fingerprint density at radius 3 is 2.62 bits per heavy atom. The first kappa shape index (κ1) is 22.1. The summed E-state index contributed by atoms with van der Waals surface area (Å²) in [6.45, 7) is 5.37. The van der Waals surface area contributed by atoms with Crippen LogP contribution in [0.1, 0.15) is 78.7 Å². The zero-order chi connectivity index (χ0) is 22.5. The zero-order valence-electron chi connectivity index (χ0n) is 19.1. The molecule has 2 aromatic carbocycles. The fourth-order valence-corrected chi connectivity index (χ4v) is 4.83. The van der Waals surface area contributed by atoms with E-state index in [4.69, 9.17) is 0 Å². The van der Waals surface area contributed by atoms with Gasteiger partial charge in [-0.2, -0.15) is 0 Å². The van der Waals surface area contributed by atoms with Crippen molar-refractivity contribution in [2.75, 3.05) is 13.1 Å². The molecule has 0 saturated heterocycles. The lowest BCUT2D eigenvalue weighted by molar-refractivity contribution is -0.121. The van der Waals surface area contributed by atoms with Crippen LogP contribution >= 0.6 is 0 Å². The topological polar surface area (TPSA) is 65.2 Å². The second-order valence-corrected chi connectivity index (χ2v) is 8.71. The van der Waals surface area contributed by atoms with Crippen LogP contribution < -0.4 is 5.32 Å². The lowest BCUT2D eigenvalue weighted by Gasteiger charge is -2.26. The molecular weight excluding hydrogens is 398 g/mol. The highest BCUT2D eigenvalue weighted by atomic mass is 16.2. The Morgan fingerprint density at radius 1 is 1.03 bits per heavy atom. The Bertz CT molecular complexity index is 1100. The highest BCUT2D eigenvalue weighted by molar-refractivity contribution is 6.01. The summed E-state index contributed by atoms with van der Waals surface area (Å²) in [5.74, 6) is 0.0151. The number of H-pyrrole nitrogens is 1. The number of aromatic nitrogens is 1. The first-order chi connectivity index (χ1) is 15.6. The van der Waals surface area contributed by atoms with E-state index in [9.17, 15) is 9.59 Å². The maximum Gasteiger partial charge on any atom is 0.255 e. The highest BCUT2D eigenvalue weighted by Crippen LogP contribution is 2.42. The molecule has 0 bridgehead atoms. The summed E-state index contributed by atoms with van der Waals surface area (Å²) < 4.78 is 0. The molecule has 2 amide bonds. The monoisotopic (exact) mass is 431 g/mol. The number of nitrogens with one attached hydrogen (secondary N) is 2. The maximum absolute atomic E-state index is 13.3. The van der Waals surface area contributed by atoms with E-state index in [1.165, 1.54) is 19.3 Å². The van der Waals surface area contributed by atoms with E-state index >= 15 is 0 Å². The van der Waals surface area contributed by atoms with Gasteiger partial charge in [-0.05, 0) is 31.0 Å². The molecule has 1 atom stereocenters. The number of carbonyl (C=O) groups excluding carboxylic acids is 2. The van der Waals surface area contributed by atoms with Crippen LogP contribution in [0.15, 0.2) is 48.5 Å². The lowest BCUT2D eigenvalue weighted by Crippen LogP contribution is -2.34. The van der Waals surface area contributed by atoms with Crippen LogP contribution in [0.2, 0.25) is 0 Å². The second kappa shape index (κ2) is 10.0. The van der Waals surface area contributed by atoms with Crippen molar-refractivity contribution >= 4 is 22.7 Å². The van der Waals surface area contributed by atoms with Crippen LogP contribution in [0.25, 0.3) is 10.9 Å². The third kappa shape index (κ3) is 4.43. The van der Waals surface area contributed by atoms with Gasteiger partial charge in [0.25, 0.3) is 5.91 Å². The molecule has 0 radical (unpaired) electrons. The Hall–Kier alpha value is -3.08. The molecule has 3 aromatic rings. The lowest BCUT2D eigenvalue weighted by atomic mass is 9.95. The molecule has 5 nitrogen and oxygen atoms in total. The molecule has 1 aliphatic rings. The molecule has 2 N–H and O–H groups in total. The molecule has 1 aliphatic heterocycles. The van der Waals surface area contributed by atoms with E-state index in [1.807, 2.05) is 41.3 Å². The van der Waals surface area contributed by atoms with Crippen LogP contribution in [0, 0.1) is 6.92 Å². The number of aromatic amines is 1. The number of fused-ring (bicyclic) bond motifs is 2. The Morgan fingerprint density at radius 2 is 1.78 bits per heavy atom. The van der Waals surface area contributed by atoms with Crippen LogP contribution in [0.4, 0.5) is 0 Å². The van der Waals surface area contributed by atoms with E-state index in [1.54, 1.807) is 0 Å². The number of hydrogen-bond donors (Lipinski definition) is 2. The summed E-state index contributed by atoms with van der Waals surface area (Å²) in [7, 11) is 0. The van der Waals surface area contributed by atoms with Gasteiger partial charge in [-0.15, -0.1) is 0 Å². The minimum absolute atomic E-state index is 0.00245. The largest absolute Gasteiger partial charge is 0.358 e. The summed E-state index contributed by atoms with van der Waals surface area (Å²) in [6.07, 6.45) is 6.16. The number of nitrogens with zero attached hydrogens (tertiary/aromatic N) is 1. The van der Waals surface area contributed by atoms with E-state index in [0.717, 1.165) is 46.1 Å². The normalized spacial score (nSPS) is 15.4. The van der Waals surface area contributed by atoms with Crippen molar-refractivity contribution in [3.63, 3.8) is 0 Å². The average Bonchev–Trinajstić information content (AvgIpc) is 3.27. The van der Waals surface area contributed by atoms with Gasteiger partial charge in [-0.1, -0.05) is 69.0 Å². The number of hydrogen-bond acceptors (Lipinski definition) is 2.